The third-order valence-electron chi connectivity index (χ3n) is 3.03. The maximum absolute atomic E-state index is 10.7. The van der Waals surface area contributed by atoms with Crippen LogP contribution in [-0.4, -0.2) is 23.4 Å². The van der Waals surface area contributed by atoms with Crippen molar-refractivity contribution in [3.8, 4) is 0 Å². The molecular formula is C12H16N2O. The maximum Gasteiger partial charge on any atom is 0.151 e. The molecule has 3 nitrogen and oxygen atoms in total. The molecule has 1 aliphatic heterocycles. The van der Waals surface area contributed by atoms with Gasteiger partial charge in [0.2, 0.25) is 0 Å². The predicted octanol–water partition coefficient (Wildman–Crippen LogP) is 2.06. The van der Waals surface area contributed by atoms with Crippen LogP contribution in [0.2, 0.25) is 0 Å². The van der Waals surface area contributed by atoms with Crippen molar-refractivity contribution in [3.05, 3.63) is 23.4 Å². The van der Waals surface area contributed by atoms with Crippen molar-refractivity contribution in [2.75, 3.05) is 11.4 Å². The van der Waals surface area contributed by atoms with E-state index in [1.165, 1.54) is 5.56 Å². The van der Waals surface area contributed by atoms with Crippen LogP contribution >= 0.6 is 0 Å². The van der Waals surface area contributed by atoms with Crippen LogP contribution in [-0.2, 0) is 6.42 Å². The Hall–Kier alpha value is -1.38. The molecule has 0 atom stereocenters. The van der Waals surface area contributed by atoms with Crippen LogP contribution in [0.5, 0.6) is 0 Å². The fraction of sp³-hybridized carbons (Fsp3) is 0.500. The molecule has 1 aliphatic rings. The van der Waals surface area contributed by atoms with Crippen molar-refractivity contribution >= 4 is 12.1 Å². The molecule has 1 aromatic heterocycles. The summed E-state index contributed by atoms with van der Waals surface area (Å²) in [6, 6.07) is 1.95. The summed E-state index contributed by atoms with van der Waals surface area (Å²) in [5, 5.41) is 0. The van der Waals surface area contributed by atoms with Crippen LogP contribution in [0.1, 0.15) is 36.7 Å². The number of pyridine rings is 1. The molecular weight excluding hydrogens is 188 g/mol. The fourth-order valence-corrected chi connectivity index (χ4v) is 2.39. The number of aldehydes is 1. The zero-order valence-electron chi connectivity index (χ0n) is 9.45. The number of fused-ring (bicyclic) bond motifs is 1. The van der Waals surface area contributed by atoms with Crippen LogP contribution in [0.25, 0.3) is 0 Å². The lowest BCUT2D eigenvalue weighted by molar-refractivity contribution is 0.112. The second kappa shape index (κ2) is 3.33. The highest BCUT2D eigenvalue weighted by Gasteiger charge is 2.35. The van der Waals surface area contributed by atoms with Gasteiger partial charge in [-0.1, -0.05) is 0 Å². The summed E-state index contributed by atoms with van der Waals surface area (Å²) >= 11 is 0. The number of nitrogens with zero attached hydrogens (tertiary/aromatic N) is 2. The third-order valence-corrected chi connectivity index (χ3v) is 3.03. The number of hydrogen-bond donors (Lipinski definition) is 0. The summed E-state index contributed by atoms with van der Waals surface area (Å²) in [4.78, 5) is 17.3. The highest BCUT2D eigenvalue weighted by molar-refractivity contribution is 5.76. The van der Waals surface area contributed by atoms with Gasteiger partial charge in [0, 0.05) is 23.8 Å². The topological polar surface area (TPSA) is 33.2 Å². The lowest BCUT2D eigenvalue weighted by atomic mass is 9.99. The first-order chi connectivity index (χ1) is 7.08. The van der Waals surface area contributed by atoms with Gasteiger partial charge in [-0.05, 0) is 38.8 Å². The summed E-state index contributed by atoms with van der Waals surface area (Å²) in [7, 11) is 0. The molecule has 2 heterocycles. The molecule has 0 aromatic carbocycles. The van der Waals surface area contributed by atoms with Gasteiger partial charge in [0.05, 0.1) is 0 Å². The summed E-state index contributed by atoms with van der Waals surface area (Å²) in [5.74, 6) is 1.04. The zero-order chi connectivity index (χ0) is 11.1. The Kier molecular flexibility index (Phi) is 2.25. The molecule has 0 spiro atoms. The first kappa shape index (κ1) is 10.1. The number of carbonyl (C=O) groups is 1. The molecule has 0 fully saturated rings. The number of aromatic nitrogens is 1. The predicted molar refractivity (Wildman–Crippen MR) is 60.4 cm³/mol. The van der Waals surface area contributed by atoms with E-state index in [4.69, 9.17) is 0 Å². The van der Waals surface area contributed by atoms with Crippen molar-refractivity contribution in [1.29, 1.82) is 0 Å². The Labute approximate surface area is 90.1 Å². The Bertz CT molecular complexity index is 399. The summed E-state index contributed by atoms with van der Waals surface area (Å²) in [5.41, 5.74) is 1.97. The number of rotatable bonds is 2. The smallest absolute Gasteiger partial charge is 0.151 e. The minimum Gasteiger partial charge on any atom is -0.351 e. The molecule has 1 aromatic rings. The molecule has 0 saturated carbocycles. The standard InChI is InChI=1S/C12H16N2O/c1-4-14-11-10(6-12(14,2)3)5-9(8-15)7-13-11/h5,7-8H,4,6H2,1-3H3. The second-order valence-electron chi connectivity index (χ2n) is 4.60. The Morgan fingerprint density at radius 1 is 1.60 bits per heavy atom. The van der Waals surface area contributed by atoms with E-state index in [0.29, 0.717) is 5.56 Å². The molecule has 0 radical (unpaired) electrons. The summed E-state index contributed by atoms with van der Waals surface area (Å²) in [6.07, 6.45) is 3.47. The van der Waals surface area contributed by atoms with Gasteiger partial charge in [-0.15, -0.1) is 0 Å². The van der Waals surface area contributed by atoms with Crippen LogP contribution in [0.3, 0.4) is 0 Å². The Morgan fingerprint density at radius 2 is 2.33 bits per heavy atom. The fourth-order valence-electron chi connectivity index (χ4n) is 2.39. The lowest BCUT2D eigenvalue weighted by Gasteiger charge is -2.32. The highest BCUT2D eigenvalue weighted by atomic mass is 16.1. The van der Waals surface area contributed by atoms with Gasteiger partial charge in [0.1, 0.15) is 5.82 Å². The number of hydrogen-bond acceptors (Lipinski definition) is 3. The molecule has 0 amide bonds. The van der Waals surface area contributed by atoms with E-state index in [9.17, 15) is 4.79 Å². The van der Waals surface area contributed by atoms with Crippen molar-refractivity contribution in [3.63, 3.8) is 0 Å². The molecule has 0 unspecified atom stereocenters. The molecule has 80 valence electrons. The lowest BCUT2D eigenvalue weighted by Crippen LogP contribution is -2.41. The van der Waals surface area contributed by atoms with Crippen molar-refractivity contribution in [2.45, 2.75) is 32.7 Å². The number of likely N-dealkylation sites (N-methyl/N-ethyl adjacent to an activating group) is 1. The first-order valence-electron chi connectivity index (χ1n) is 5.30. The third kappa shape index (κ3) is 1.52. The van der Waals surface area contributed by atoms with E-state index in [1.54, 1.807) is 6.20 Å². The van der Waals surface area contributed by atoms with Crippen molar-refractivity contribution in [2.24, 2.45) is 0 Å². The van der Waals surface area contributed by atoms with Crippen LogP contribution in [0.15, 0.2) is 12.3 Å². The Morgan fingerprint density at radius 3 is 2.93 bits per heavy atom. The van der Waals surface area contributed by atoms with Gasteiger partial charge >= 0.3 is 0 Å². The highest BCUT2D eigenvalue weighted by Crippen LogP contribution is 2.36. The van der Waals surface area contributed by atoms with E-state index in [0.717, 1.165) is 25.1 Å². The quantitative estimate of drug-likeness (QED) is 0.691. The van der Waals surface area contributed by atoms with Crippen LogP contribution < -0.4 is 4.90 Å². The maximum atomic E-state index is 10.7. The van der Waals surface area contributed by atoms with Crippen molar-refractivity contribution in [1.82, 2.24) is 4.98 Å². The molecule has 0 N–H and O–H groups in total. The summed E-state index contributed by atoms with van der Waals surface area (Å²) < 4.78 is 0. The monoisotopic (exact) mass is 204 g/mol. The molecule has 2 rings (SSSR count). The number of carbonyl (C=O) groups excluding carboxylic acids is 1. The molecule has 15 heavy (non-hydrogen) atoms. The normalized spacial score (nSPS) is 17.7. The van der Waals surface area contributed by atoms with Gasteiger partial charge in [-0.2, -0.15) is 0 Å². The molecule has 0 aliphatic carbocycles. The van der Waals surface area contributed by atoms with Gasteiger partial charge in [0.15, 0.2) is 6.29 Å². The average molecular weight is 204 g/mol. The van der Waals surface area contributed by atoms with E-state index >= 15 is 0 Å². The van der Waals surface area contributed by atoms with Crippen molar-refractivity contribution < 1.29 is 4.79 Å². The van der Waals surface area contributed by atoms with Gasteiger partial charge in [-0.3, -0.25) is 4.79 Å². The van der Waals surface area contributed by atoms with Gasteiger partial charge in [-0.25, -0.2) is 4.98 Å². The largest absolute Gasteiger partial charge is 0.351 e. The molecule has 3 heteroatoms. The number of anilines is 1. The minimum absolute atomic E-state index is 0.117. The molecule has 0 bridgehead atoms. The van der Waals surface area contributed by atoms with E-state index in [2.05, 4.69) is 30.7 Å². The average Bonchev–Trinajstić information content (AvgIpc) is 2.45. The minimum atomic E-state index is 0.117. The first-order valence-corrected chi connectivity index (χ1v) is 5.30. The van der Waals surface area contributed by atoms with E-state index in [1.807, 2.05) is 6.07 Å². The zero-order valence-corrected chi connectivity index (χ0v) is 9.45. The van der Waals surface area contributed by atoms with Crippen LogP contribution in [0.4, 0.5) is 5.82 Å². The van der Waals surface area contributed by atoms with E-state index in [-0.39, 0.29) is 5.54 Å². The van der Waals surface area contributed by atoms with Crippen LogP contribution in [0, 0.1) is 0 Å². The van der Waals surface area contributed by atoms with E-state index < -0.39 is 0 Å². The second-order valence-corrected chi connectivity index (χ2v) is 4.60. The molecule has 0 saturated heterocycles. The van der Waals surface area contributed by atoms with Gasteiger partial charge in [0.25, 0.3) is 0 Å². The van der Waals surface area contributed by atoms with Gasteiger partial charge < -0.3 is 4.90 Å². The SMILES string of the molecule is CCN1c2ncc(C=O)cc2CC1(C)C. The Balaban J connectivity index is 2.47. The summed E-state index contributed by atoms with van der Waals surface area (Å²) in [6.45, 7) is 7.50.